The average molecular weight is 705 g/mol. The van der Waals surface area contributed by atoms with Crippen LogP contribution >= 0.6 is 0 Å². The Balaban J connectivity index is 1.01. The zero-order valence-corrected chi connectivity index (χ0v) is 28.7. The Morgan fingerprint density at radius 3 is 2.61 bits per heavy atom. The molecule has 2 aliphatic rings. The summed E-state index contributed by atoms with van der Waals surface area (Å²) in [4.78, 5) is 37.0. The van der Waals surface area contributed by atoms with Gasteiger partial charge in [0.25, 0.3) is 0 Å². The number of H-pyrrole nitrogens is 1. The quantitative estimate of drug-likeness (QED) is 0.195. The number of alkyl halides is 3. The first kappa shape index (κ1) is 35.7. The topological polar surface area (TPSA) is 149 Å². The number of likely N-dealkylation sites (N-methyl/N-ethyl adjacent to an activating group) is 1. The minimum Gasteiger partial charge on any atom is -0.377 e. The molecule has 6 rings (SSSR count). The summed E-state index contributed by atoms with van der Waals surface area (Å²) in [6.45, 7) is 8.40. The van der Waals surface area contributed by atoms with E-state index in [9.17, 15) is 18.0 Å². The molecule has 5 heterocycles. The van der Waals surface area contributed by atoms with Gasteiger partial charge in [0.15, 0.2) is 17.5 Å². The molecule has 0 bridgehead atoms. The molecule has 13 nitrogen and oxygen atoms in total. The molecule has 1 fully saturated rings. The Morgan fingerprint density at radius 2 is 1.90 bits per heavy atom. The van der Waals surface area contributed by atoms with E-state index in [0.29, 0.717) is 86.8 Å². The van der Waals surface area contributed by atoms with Gasteiger partial charge >= 0.3 is 6.18 Å². The largest absolute Gasteiger partial charge is 0.417 e. The summed E-state index contributed by atoms with van der Waals surface area (Å²) in [6.07, 6.45) is 0.582. The Bertz CT molecular complexity index is 1880. The van der Waals surface area contributed by atoms with Crippen molar-refractivity contribution in [3.63, 3.8) is 0 Å². The van der Waals surface area contributed by atoms with Gasteiger partial charge < -0.3 is 19.3 Å². The number of piperidine rings is 1. The van der Waals surface area contributed by atoms with Crippen LogP contribution in [0.15, 0.2) is 42.9 Å². The Kier molecular flexibility index (Phi) is 10.8. The highest BCUT2D eigenvalue weighted by molar-refractivity contribution is 6.01. The number of nitrogens with one attached hydrogen (secondary N) is 1. The highest BCUT2D eigenvalue weighted by Crippen LogP contribution is 2.37. The fourth-order valence-electron chi connectivity index (χ4n) is 6.63. The van der Waals surface area contributed by atoms with Gasteiger partial charge in [-0.1, -0.05) is 6.92 Å². The summed E-state index contributed by atoms with van der Waals surface area (Å²) in [6, 6.07) is 9.26. The second kappa shape index (κ2) is 15.4. The van der Waals surface area contributed by atoms with Gasteiger partial charge in [-0.05, 0) is 63.4 Å². The van der Waals surface area contributed by atoms with Gasteiger partial charge in [-0.15, -0.1) is 0 Å². The first-order valence-electron chi connectivity index (χ1n) is 16.9. The van der Waals surface area contributed by atoms with Crippen molar-refractivity contribution in [2.45, 2.75) is 58.4 Å². The zero-order valence-electron chi connectivity index (χ0n) is 28.7. The summed E-state index contributed by atoms with van der Waals surface area (Å²) in [5.74, 6) is 1.50. The van der Waals surface area contributed by atoms with Crippen LogP contribution in [0.25, 0.3) is 22.8 Å². The van der Waals surface area contributed by atoms with Crippen LogP contribution in [0, 0.1) is 18.3 Å². The molecule has 3 aromatic heterocycles. The minimum atomic E-state index is -4.60. The molecule has 1 aromatic carbocycles. The average Bonchev–Trinajstić information content (AvgIpc) is 3.67. The van der Waals surface area contributed by atoms with E-state index >= 15 is 0 Å². The summed E-state index contributed by atoms with van der Waals surface area (Å²) >= 11 is 0. The van der Waals surface area contributed by atoms with Gasteiger partial charge in [0, 0.05) is 42.6 Å². The number of hydrogen-bond acceptors (Lipinski definition) is 11. The standard InChI is InChI=1S/C35H39F3N10O3/c1-4-24-16-26(10-11-48(24)25-7-6-23(18-39)28(17-25)35(36,37)38)51-15-14-50-13-12-46-20-31(49)47(5-2)34-33(46)40-19-30(44-34)27-8-9-29(43-22(27)3)32-41-21-42-45-32/h6-9,17,19,21,24,26H,4-5,10-16,20H2,1-3H3,(H,41,42,45). The van der Waals surface area contributed by atoms with Gasteiger partial charge in [0.2, 0.25) is 5.91 Å². The van der Waals surface area contributed by atoms with Crippen molar-refractivity contribution < 1.29 is 27.4 Å². The van der Waals surface area contributed by atoms with E-state index in [2.05, 4.69) is 20.2 Å². The predicted octanol–water partition coefficient (Wildman–Crippen LogP) is 5.18. The van der Waals surface area contributed by atoms with Gasteiger partial charge in [-0.25, -0.2) is 19.9 Å². The number of rotatable bonds is 12. The van der Waals surface area contributed by atoms with Gasteiger partial charge in [-0.2, -0.15) is 23.5 Å². The Morgan fingerprint density at radius 1 is 1.06 bits per heavy atom. The summed E-state index contributed by atoms with van der Waals surface area (Å²) in [7, 11) is 0. The first-order valence-corrected chi connectivity index (χ1v) is 16.9. The molecular formula is C35H39F3N10O3. The number of carbonyl (C=O) groups is 1. The van der Waals surface area contributed by atoms with Crippen molar-refractivity contribution in [3.8, 4) is 28.8 Å². The number of anilines is 3. The number of aryl methyl sites for hydroxylation is 1. The van der Waals surface area contributed by atoms with Crippen LogP contribution in [0.2, 0.25) is 0 Å². The second-order valence-corrected chi connectivity index (χ2v) is 12.3. The van der Waals surface area contributed by atoms with Gasteiger partial charge in [-0.3, -0.25) is 14.8 Å². The van der Waals surface area contributed by atoms with E-state index in [1.54, 1.807) is 23.2 Å². The zero-order chi connectivity index (χ0) is 36.1. The van der Waals surface area contributed by atoms with E-state index < -0.39 is 11.7 Å². The lowest BCUT2D eigenvalue weighted by atomic mass is 9.95. The lowest BCUT2D eigenvalue weighted by Crippen LogP contribution is -2.47. The normalized spacial score (nSPS) is 17.8. The summed E-state index contributed by atoms with van der Waals surface area (Å²) < 4.78 is 52.7. The number of ether oxygens (including phenoxy) is 2. The van der Waals surface area contributed by atoms with Crippen molar-refractivity contribution in [2.24, 2.45) is 0 Å². The number of carbonyl (C=O) groups excluding carboxylic acids is 1. The summed E-state index contributed by atoms with van der Waals surface area (Å²) in [5.41, 5.74) is 1.91. The van der Waals surface area contributed by atoms with E-state index in [4.69, 9.17) is 24.7 Å². The number of fused-ring (bicyclic) bond motifs is 1. The fraction of sp³-hybridized carbons (Fsp3) is 0.457. The number of amides is 1. The summed E-state index contributed by atoms with van der Waals surface area (Å²) in [5, 5.41) is 15.9. The molecule has 4 aromatic rings. The van der Waals surface area contributed by atoms with Crippen molar-refractivity contribution in [1.82, 2.24) is 30.1 Å². The number of benzene rings is 1. The van der Waals surface area contributed by atoms with E-state index in [-0.39, 0.29) is 30.2 Å². The van der Waals surface area contributed by atoms with Crippen molar-refractivity contribution in [1.29, 1.82) is 5.26 Å². The molecule has 1 saturated heterocycles. The van der Waals surface area contributed by atoms with Crippen molar-refractivity contribution in [3.05, 3.63) is 59.7 Å². The highest BCUT2D eigenvalue weighted by atomic mass is 19.4. The van der Waals surface area contributed by atoms with Crippen molar-refractivity contribution in [2.75, 3.05) is 60.7 Å². The number of nitriles is 1. The molecule has 0 saturated carbocycles. The van der Waals surface area contributed by atoms with Crippen LogP contribution < -0.4 is 14.7 Å². The minimum absolute atomic E-state index is 0.00148. The molecular weight excluding hydrogens is 665 g/mol. The third-order valence-corrected chi connectivity index (χ3v) is 9.23. The van der Waals surface area contributed by atoms with Crippen LogP contribution in [0.3, 0.4) is 0 Å². The molecule has 1 amide bonds. The van der Waals surface area contributed by atoms with Crippen LogP contribution in [0.4, 0.5) is 30.5 Å². The predicted molar refractivity (Wildman–Crippen MR) is 183 cm³/mol. The Labute approximate surface area is 293 Å². The molecule has 0 radical (unpaired) electrons. The third kappa shape index (κ3) is 7.79. The van der Waals surface area contributed by atoms with Crippen LogP contribution in [0.1, 0.15) is 49.9 Å². The molecule has 268 valence electrons. The first-order chi connectivity index (χ1) is 24.6. The number of halogens is 3. The maximum Gasteiger partial charge on any atom is 0.417 e. The number of aromatic nitrogens is 6. The highest BCUT2D eigenvalue weighted by Gasteiger charge is 2.36. The molecule has 2 atom stereocenters. The van der Waals surface area contributed by atoms with Crippen molar-refractivity contribution >= 4 is 23.2 Å². The third-order valence-electron chi connectivity index (χ3n) is 9.23. The maximum absolute atomic E-state index is 13.6. The molecule has 1 N–H and O–H groups in total. The molecule has 2 aliphatic heterocycles. The lowest BCUT2D eigenvalue weighted by Gasteiger charge is -2.41. The lowest BCUT2D eigenvalue weighted by molar-refractivity contribution is -0.137. The van der Waals surface area contributed by atoms with E-state index in [1.807, 2.05) is 42.7 Å². The molecule has 0 aliphatic carbocycles. The van der Waals surface area contributed by atoms with Gasteiger partial charge in [0.05, 0.1) is 61.6 Å². The SMILES string of the molecule is CCC1CC(OCCOCCN2CC(=O)N(CC)c3nc(-c4ccc(-c5nc[nH]n5)nc4C)cnc32)CCN1c1ccc(C#N)c(C(F)(F)F)c1. The Hall–Kier alpha value is -5.14. The number of hydrogen-bond donors (Lipinski definition) is 1. The molecule has 2 unspecified atom stereocenters. The number of nitrogens with zero attached hydrogens (tertiary/aromatic N) is 9. The van der Waals surface area contributed by atoms with E-state index in [1.165, 1.54) is 12.4 Å². The smallest absolute Gasteiger partial charge is 0.377 e. The maximum atomic E-state index is 13.6. The molecule has 51 heavy (non-hydrogen) atoms. The molecule has 0 spiro atoms. The van der Waals surface area contributed by atoms with Crippen LogP contribution in [0.5, 0.6) is 0 Å². The van der Waals surface area contributed by atoms with Crippen LogP contribution in [-0.2, 0) is 20.4 Å². The number of pyridine rings is 1. The second-order valence-electron chi connectivity index (χ2n) is 12.3. The monoisotopic (exact) mass is 704 g/mol. The fourth-order valence-corrected chi connectivity index (χ4v) is 6.63. The van der Waals surface area contributed by atoms with E-state index in [0.717, 1.165) is 23.7 Å². The molecule has 16 heteroatoms. The van der Waals surface area contributed by atoms with Crippen LogP contribution in [-0.4, -0.2) is 94.2 Å². The number of aromatic amines is 1. The van der Waals surface area contributed by atoms with Gasteiger partial charge in [0.1, 0.15) is 12.0 Å².